The Morgan fingerprint density at radius 1 is 1.07 bits per heavy atom. The van der Waals surface area contributed by atoms with Crippen molar-refractivity contribution in [2.24, 2.45) is 0 Å². The molecule has 1 amide bonds. The maximum absolute atomic E-state index is 12.6. The summed E-state index contributed by atoms with van der Waals surface area (Å²) in [7, 11) is 0. The van der Waals surface area contributed by atoms with Crippen LogP contribution in [-0.4, -0.2) is 27.0 Å². The minimum absolute atomic E-state index is 0.172. The van der Waals surface area contributed by atoms with E-state index in [0.29, 0.717) is 11.6 Å². The number of nitrogens with zero attached hydrogens (tertiary/aromatic N) is 3. The maximum Gasteiger partial charge on any atom is 0.573 e. The second-order valence-electron chi connectivity index (χ2n) is 7.29. The minimum atomic E-state index is -4.79. The molecule has 0 bridgehead atoms. The normalized spacial score (nSPS) is 11.9. The van der Waals surface area contributed by atoms with Gasteiger partial charge in [0.1, 0.15) is 11.6 Å². The van der Waals surface area contributed by atoms with Gasteiger partial charge in [0, 0.05) is 23.2 Å². The largest absolute Gasteiger partial charge is 0.573 e. The van der Waals surface area contributed by atoms with Gasteiger partial charge in [0.05, 0.1) is 5.69 Å². The lowest BCUT2D eigenvalue weighted by Gasteiger charge is -2.13. The molecule has 0 aliphatic carbocycles. The van der Waals surface area contributed by atoms with Gasteiger partial charge in [0.2, 0.25) is 0 Å². The zero-order chi connectivity index (χ0) is 21.2. The van der Waals surface area contributed by atoms with Crippen LogP contribution in [0.1, 0.15) is 36.8 Å². The van der Waals surface area contributed by atoms with Crippen LogP contribution < -0.4 is 10.1 Å². The van der Waals surface area contributed by atoms with E-state index in [-0.39, 0.29) is 11.0 Å². The molecule has 9 heteroatoms. The Hall–Kier alpha value is -3.36. The van der Waals surface area contributed by atoms with Gasteiger partial charge in [0.25, 0.3) is 5.91 Å². The van der Waals surface area contributed by atoms with E-state index < -0.39 is 18.0 Å². The molecule has 0 saturated carbocycles. The first-order valence-electron chi connectivity index (χ1n) is 8.72. The molecule has 0 saturated heterocycles. The summed E-state index contributed by atoms with van der Waals surface area (Å²) in [6.45, 7) is 5.97. The van der Waals surface area contributed by atoms with Crippen molar-refractivity contribution in [1.29, 1.82) is 0 Å². The average Bonchev–Trinajstić information content (AvgIpc) is 3.06. The first-order valence-corrected chi connectivity index (χ1v) is 8.72. The van der Waals surface area contributed by atoms with Crippen LogP contribution in [0, 0.1) is 0 Å². The number of alkyl halides is 3. The van der Waals surface area contributed by atoms with Crippen molar-refractivity contribution in [2.75, 3.05) is 5.32 Å². The summed E-state index contributed by atoms with van der Waals surface area (Å²) in [4.78, 5) is 16.9. The maximum atomic E-state index is 12.6. The van der Waals surface area contributed by atoms with Crippen LogP contribution in [0.25, 0.3) is 5.82 Å². The number of anilines is 1. The molecule has 1 aromatic carbocycles. The number of hydrogen-bond acceptors (Lipinski definition) is 4. The molecule has 3 aromatic rings. The van der Waals surface area contributed by atoms with Crippen LogP contribution in [-0.2, 0) is 5.41 Å². The molecule has 0 aliphatic heterocycles. The number of carbonyl (C=O) groups is 1. The highest BCUT2D eigenvalue weighted by atomic mass is 19.4. The van der Waals surface area contributed by atoms with Crippen LogP contribution in [0.2, 0.25) is 0 Å². The Bertz CT molecular complexity index is 991. The standard InChI is InChI=1S/C20H19F3N4O2/c1-19(2,3)15-12-17(27(26-15)16-6-4-5-11-24-16)25-18(28)13-7-9-14(10-8-13)29-20(21,22)23/h4-12H,1-3H3,(H,25,28). The lowest BCUT2D eigenvalue weighted by Crippen LogP contribution is -2.18. The second kappa shape index (κ2) is 7.57. The van der Waals surface area contributed by atoms with Crippen molar-refractivity contribution in [2.45, 2.75) is 32.5 Å². The van der Waals surface area contributed by atoms with Crippen LogP contribution in [0.3, 0.4) is 0 Å². The fourth-order valence-corrected chi connectivity index (χ4v) is 2.49. The Labute approximate surface area is 165 Å². The second-order valence-corrected chi connectivity index (χ2v) is 7.29. The number of amides is 1. The predicted octanol–water partition coefficient (Wildman–Crippen LogP) is 4.72. The van der Waals surface area contributed by atoms with Gasteiger partial charge < -0.3 is 10.1 Å². The van der Waals surface area contributed by atoms with Gasteiger partial charge in [-0.05, 0) is 36.4 Å². The highest BCUT2D eigenvalue weighted by molar-refractivity contribution is 6.04. The number of halogens is 3. The summed E-state index contributed by atoms with van der Waals surface area (Å²) in [5, 5.41) is 7.29. The fraction of sp³-hybridized carbons (Fsp3) is 0.250. The van der Waals surface area contributed by atoms with E-state index in [1.807, 2.05) is 20.8 Å². The predicted molar refractivity (Wildman–Crippen MR) is 101 cm³/mol. The smallest absolute Gasteiger partial charge is 0.406 e. The van der Waals surface area contributed by atoms with Gasteiger partial charge in [-0.2, -0.15) is 9.78 Å². The van der Waals surface area contributed by atoms with E-state index in [0.717, 1.165) is 17.8 Å². The molecule has 0 aliphatic rings. The number of nitrogens with one attached hydrogen (secondary N) is 1. The van der Waals surface area contributed by atoms with Crippen molar-refractivity contribution in [3.05, 3.63) is 66.0 Å². The third kappa shape index (κ3) is 5.13. The van der Waals surface area contributed by atoms with Crippen molar-refractivity contribution < 1.29 is 22.7 Å². The Morgan fingerprint density at radius 3 is 2.31 bits per heavy atom. The zero-order valence-electron chi connectivity index (χ0n) is 16.0. The molecular weight excluding hydrogens is 385 g/mol. The van der Waals surface area contributed by atoms with Gasteiger partial charge in [0.15, 0.2) is 5.82 Å². The van der Waals surface area contributed by atoms with E-state index in [2.05, 4.69) is 20.1 Å². The van der Waals surface area contributed by atoms with Gasteiger partial charge in [-0.15, -0.1) is 13.2 Å². The summed E-state index contributed by atoms with van der Waals surface area (Å²) in [6.07, 6.45) is -3.18. The first-order chi connectivity index (χ1) is 13.5. The summed E-state index contributed by atoms with van der Waals surface area (Å²) < 4.78 is 42.2. The number of benzene rings is 1. The molecule has 0 unspecified atom stereocenters. The van der Waals surface area contributed by atoms with Crippen molar-refractivity contribution in [3.63, 3.8) is 0 Å². The van der Waals surface area contributed by atoms with E-state index in [1.165, 1.54) is 16.8 Å². The SMILES string of the molecule is CC(C)(C)c1cc(NC(=O)c2ccc(OC(F)(F)F)cc2)n(-c2ccccn2)n1. The Balaban J connectivity index is 1.87. The molecule has 1 N–H and O–H groups in total. The highest BCUT2D eigenvalue weighted by Gasteiger charge is 2.31. The lowest BCUT2D eigenvalue weighted by molar-refractivity contribution is -0.274. The van der Waals surface area contributed by atoms with Crippen LogP contribution in [0.5, 0.6) is 5.75 Å². The monoisotopic (exact) mass is 404 g/mol. The topological polar surface area (TPSA) is 69.0 Å². The third-order valence-corrected chi connectivity index (χ3v) is 3.94. The molecule has 2 aromatic heterocycles. The van der Waals surface area contributed by atoms with Crippen molar-refractivity contribution in [1.82, 2.24) is 14.8 Å². The number of rotatable bonds is 4. The number of hydrogen-bond donors (Lipinski definition) is 1. The van der Waals surface area contributed by atoms with Gasteiger partial charge >= 0.3 is 6.36 Å². The molecular formula is C20H19F3N4O2. The molecule has 0 atom stereocenters. The third-order valence-electron chi connectivity index (χ3n) is 3.94. The quantitative estimate of drug-likeness (QED) is 0.684. The molecule has 2 heterocycles. The summed E-state index contributed by atoms with van der Waals surface area (Å²) >= 11 is 0. The Morgan fingerprint density at radius 2 is 1.76 bits per heavy atom. The zero-order valence-corrected chi connectivity index (χ0v) is 16.0. The number of pyridine rings is 1. The summed E-state index contributed by atoms with van der Waals surface area (Å²) in [6, 6.07) is 11.7. The van der Waals surface area contributed by atoms with Gasteiger partial charge in [-0.3, -0.25) is 4.79 Å². The average molecular weight is 404 g/mol. The van der Waals surface area contributed by atoms with Crippen LogP contribution >= 0.6 is 0 Å². The Kier molecular flexibility index (Phi) is 5.32. The van der Waals surface area contributed by atoms with Gasteiger partial charge in [-0.25, -0.2) is 4.98 Å². The van der Waals surface area contributed by atoms with Crippen molar-refractivity contribution in [3.8, 4) is 11.6 Å². The molecule has 0 radical (unpaired) electrons. The molecule has 0 spiro atoms. The molecule has 3 rings (SSSR count). The van der Waals surface area contributed by atoms with Crippen LogP contribution in [0.4, 0.5) is 19.0 Å². The van der Waals surface area contributed by atoms with E-state index >= 15 is 0 Å². The van der Waals surface area contributed by atoms with E-state index in [4.69, 9.17) is 0 Å². The van der Waals surface area contributed by atoms with Crippen LogP contribution in [0.15, 0.2) is 54.7 Å². The number of aromatic nitrogens is 3. The van der Waals surface area contributed by atoms with E-state index in [9.17, 15) is 18.0 Å². The fourth-order valence-electron chi connectivity index (χ4n) is 2.49. The minimum Gasteiger partial charge on any atom is -0.406 e. The lowest BCUT2D eigenvalue weighted by atomic mass is 9.92. The number of ether oxygens (including phenoxy) is 1. The molecule has 6 nitrogen and oxygen atoms in total. The first kappa shape index (κ1) is 20.4. The van der Waals surface area contributed by atoms with Crippen molar-refractivity contribution >= 4 is 11.7 Å². The van der Waals surface area contributed by atoms with Gasteiger partial charge in [-0.1, -0.05) is 26.8 Å². The molecule has 29 heavy (non-hydrogen) atoms. The molecule has 0 fully saturated rings. The summed E-state index contributed by atoms with van der Waals surface area (Å²) in [5.74, 6) is 0.0187. The summed E-state index contributed by atoms with van der Waals surface area (Å²) in [5.41, 5.74) is 0.647. The highest BCUT2D eigenvalue weighted by Crippen LogP contribution is 2.27. The van der Waals surface area contributed by atoms with E-state index in [1.54, 1.807) is 30.5 Å². The number of carbonyl (C=O) groups excluding carboxylic acids is 1. The molecule has 152 valence electrons.